The van der Waals surface area contributed by atoms with Crippen molar-refractivity contribution in [2.75, 3.05) is 6.54 Å². The number of Topliss-reactive ketones (excluding diaryl/α,β-unsaturated/α-hetero) is 1. The van der Waals surface area contributed by atoms with Crippen LogP contribution in [-0.4, -0.2) is 34.8 Å². The van der Waals surface area contributed by atoms with Gasteiger partial charge in [-0.1, -0.05) is 24.3 Å². The number of carbonyl (C=O) groups excluding carboxylic acids is 2. The Labute approximate surface area is 138 Å². The zero-order valence-corrected chi connectivity index (χ0v) is 12.9. The lowest BCUT2D eigenvalue weighted by atomic mass is 9.82. The van der Waals surface area contributed by atoms with Crippen molar-refractivity contribution in [1.29, 1.82) is 0 Å². The van der Waals surface area contributed by atoms with E-state index in [0.717, 1.165) is 0 Å². The predicted molar refractivity (Wildman–Crippen MR) is 85.3 cm³/mol. The molecule has 0 heterocycles. The smallest absolute Gasteiger partial charge is 0.307 e. The van der Waals surface area contributed by atoms with Crippen LogP contribution in [0.15, 0.2) is 36.4 Å². The van der Waals surface area contributed by atoms with Crippen molar-refractivity contribution in [3.8, 4) is 0 Å². The standard InChI is InChI=1S/C16H18N2O5.H2O/c19-14(10-4-3-5-11(8-10)18-23)9-17-15(20)12-6-1-2-7-13(12)16(21)22;/h1-5,8,12-13H,6-7,9,18H2,(H,17,20)(H,21,22);1H2. The highest BCUT2D eigenvalue weighted by Crippen LogP contribution is 2.25. The quantitative estimate of drug-likeness (QED) is 0.277. The summed E-state index contributed by atoms with van der Waals surface area (Å²) in [4.78, 5) is 35.4. The van der Waals surface area contributed by atoms with Crippen molar-refractivity contribution in [3.05, 3.63) is 47.2 Å². The Morgan fingerprint density at radius 2 is 1.88 bits per heavy atom. The normalized spacial score (nSPS) is 19.2. The van der Waals surface area contributed by atoms with Crippen LogP contribution in [0.3, 0.4) is 0 Å². The highest BCUT2D eigenvalue weighted by molar-refractivity contribution is 6.00. The second-order valence-corrected chi connectivity index (χ2v) is 5.38. The summed E-state index contributed by atoms with van der Waals surface area (Å²) in [5.74, 6) is -3.23. The van der Waals surface area contributed by atoms with Crippen LogP contribution >= 0.6 is 0 Å². The van der Waals surface area contributed by atoms with Gasteiger partial charge in [0.25, 0.3) is 0 Å². The van der Waals surface area contributed by atoms with Gasteiger partial charge in [0.05, 0.1) is 18.4 Å². The summed E-state index contributed by atoms with van der Waals surface area (Å²) >= 11 is 0. The largest absolute Gasteiger partial charge is 0.630 e. The van der Waals surface area contributed by atoms with Crippen molar-refractivity contribution in [3.63, 3.8) is 0 Å². The van der Waals surface area contributed by atoms with Gasteiger partial charge in [-0.05, 0) is 18.9 Å². The third-order valence-electron chi connectivity index (χ3n) is 3.85. The molecular formula is C16H20N2O6. The minimum atomic E-state index is -1.01. The average Bonchev–Trinajstić information content (AvgIpc) is 2.59. The lowest BCUT2D eigenvalue weighted by Crippen LogP contribution is -2.70. The maximum atomic E-state index is 12.2. The van der Waals surface area contributed by atoms with Gasteiger partial charge in [-0.3, -0.25) is 14.4 Å². The summed E-state index contributed by atoms with van der Waals surface area (Å²) < 4.78 is 0. The van der Waals surface area contributed by atoms with Crippen LogP contribution < -0.4 is 10.8 Å². The van der Waals surface area contributed by atoms with Crippen molar-refractivity contribution >= 4 is 23.3 Å². The SMILES string of the molecule is O.O=C(CNC(=O)C1CC=CCC1C(=O)O)c1cccc([NH2+][O-])c1. The van der Waals surface area contributed by atoms with Gasteiger partial charge in [0.1, 0.15) is 5.69 Å². The maximum Gasteiger partial charge on any atom is 0.307 e. The lowest BCUT2D eigenvalue weighted by molar-refractivity contribution is -0.497. The number of hydrogen-bond acceptors (Lipinski definition) is 4. The first-order chi connectivity index (χ1) is 11.0. The van der Waals surface area contributed by atoms with Crippen LogP contribution in [-0.2, 0) is 9.59 Å². The van der Waals surface area contributed by atoms with E-state index in [1.165, 1.54) is 6.07 Å². The monoisotopic (exact) mass is 336 g/mol. The van der Waals surface area contributed by atoms with Gasteiger partial charge in [-0.2, -0.15) is 0 Å². The predicted octanol–water partition coefficient (Wildman–Crippen LogP) is -0.479. The number of nitrogens with one attached hydrogen (secondary N) is 1. The van der Waals surface area contributed by atoms with E-state index in [4.69, 9.17) is 5.11 Å². The Bertz CT molecular complexity index is 643. The molecule has 0 saturated heterocycles. The number of amides is 1. The molecule has 2 rings (SSSR count). The molecular weight excluding hydrogens is 316 g/mol. The zero-order valence-electron chi connectivity index (χ0n) is 12.9. The van der Waals surface area contributed by atoms with Crippen molar-refractivity contribution in [1.82, 2.24) is 5.32 Å². The number of quaternary nitrogens is 1. The van der Waals surface area contributed by atoms with Gasteiger partial charge < -0.3 is 26.6 Å². The molecule has 0 bridgehead atoms. The molecule has 8 nitrogen and oxygen atoms in total. The van der Waals surface area contributed by atoms with Crippen LogP contribution in [0.2, 0.25) is 0 Å². The summed E-state index contributed by atoms with van der Waals surface area (Å²) in [6.07, 6.45) is 4.18. The molecule has 0 aromatic heterocycles. The summed E-state index contributed by atoms with van der Waals surface area (Å²) in [6.45, 7) is -0.228. The van der Waals surface area contributed by atoms with Crippen LogP contribution in [0.5, 0.6) is 0 Å². The minimum absolute atomic E-state index is 0. The van der Waals surface area contributed by atoms with Gasteiger partial charge in [0.15, 0.2) is 5.78 Å². The molecule has 1 aromatic carbocycles. The van der Waals surface area contributed by atoms with Gasteiger partial charge in [-0.15, -0.1) is 0 Å². The molecule has 6 N–H and O–H groups in total. The lowest BCUT2D eigenvalue weighted by Gasteiger charge is -2.24. The highest BCUT2D eigenvalue weighted by atomic mass is 16.5. The van der Waals surface area contributed by atoms with Gasteiger partial charge >= 0.3 is 5.97 Å². The second-order valence-electron chi connectivity index (χ2n) is 5.38. The Morgan fingerprint density at radius 1 is 1.21 bits per heavy atom. The first kappa shape index (κ1) is 19.5. The van der Waals surface area contributed by atoms with Crippen LogP contribution in [0, 0.1) is 17.0 Å². The molecule has 1 aliphatic carbocycles. The second kappa shape index (κ2) is 8.92. The van der Waals surface area contributed by atoms with Crippen molar-refractivity contribution in [2.24, 2.45) is 11.8 Å². The molecule has 2 atom stereocenters. The third kappa shape index (κ3) is 4.72. The first-order valence-corrected chi connectivity index (χ1v) is 7.27. The Hall–Kier alpha value is -2.55. The number of nitrogens with two attached hydrogens (primary N) is 1. The molecule has 0 radical (unpaired) electrons. The minimum Gasteiger partial charge on any atom is -0.630 e. The number of hydrogen-bond donors (Lipinski definition) is 3. The number of carbonyl (C=O) groups is 3. The maximum absolute atomic E-state index is 12.2. The molecule has 1 aliphatic rings. The summed E-state index contributed by atoms with van der Waals surface area (Å²) in [5.41, 5.74) is 1.35. The fourth-order valence-electron chi connectivity index (χ4n) is 2.56. The highest BCUT2D eigenvalue weighted by Gasteiger charge is 2.33. The molecule has 2 unspecified atom stereocenters. The average molecular weight is 336 g/mol. The number of ketones is 1. The summed E-state index contributed by atoms with van der Waals surface area (Å²) in [7, 11) is 0. The third-order valence-corrected chi connectivity index (χ3v) is 3.85. The Kier molecular flexibility index (Phi) is 7.25. The molecule has 0 aliphatic heterocycles. The number of aliphatic carboxylic acids is 1. The van der Waals surface area contributed by atoms with Gasteiger partial charge in [-0.25, -0.2) is 0 Å². The number of rotatable bonds is 6. The van der Waals surface area contributed by atoms with E-state index in [-0.39, 0.29) is 17.8 Å². The van der Waals surface area contributed by atoms with E-state index in [0.29, 0.717) is 29.6 Å². The van der Waals surface area contributed by atoms with Crippen LogP contribution in [0.1, 0.15) is 23.2 Å². The van der Waals surface area contributed by atoms with Gasteiger partial charge in [0, 0.05) is 11.6 Å². The van der Waals surface area contributed by atoms with Gasteiger partial charge in [0.2, 0.25) is 5.91 Å². The molecule has 8 heteroatoms. The van der Waals surface area contributed by atoms with E-state index in [2.05, 4.69) is 5.32 Å². The molecule has 0 fully saturated rings. The van der Waals surface area contributed by atoms with E-state index < -0.39 is 23.7 Å². The molecule has 24 heavy (non-hydrogen) atoms. The van der Waals surface area contributed by atoms with E-state index in [1.54, 1.807) is 30.4 Å². The number of benzene rings is 1. The van der Waals surface area contributed by atoms with Crippen LogP contribution in [0.25, 0.3) is 0 Å². The van der Waals surface area contributed by atoms with Crippen LogP contribution in [0.4, 0.5) is 5.69 Å². The van der Waals surface area contributed by atoms with E-state index in [9.17, 15) is 19.6 Å². The number of allylic oxidation sites excluding steroid dienone is 2. The summed E-state index contributed by atoms with van der Waals surface area (Å²) in [5, 5.41) is 22.4. The van der Waals surface area contributed by atoms with Crippen molar-refractivity contribution in [2.45, 2.75) is 12.8 Å². The molecule has 1 amide bonds. The fourth-order valence-corrected chi connectivity index (χ4v) is 2.56. The molecule has 0 saturated carbocycles. The first-order valence-electron chi connectivity index (χ1n) is 7.27. The number of carboxylic acids is 1. The topological polar surface area (TPSA) is 155 Å². The molecule has 130 valence electrons. The van der Waals surface area contributed by atoms with Crippen molar-refractivity contribution < 1.29 is 30.4 Å². The zero-order chi connectivity index (χ0) is 16.8. The molecule has 0 spiro atoms. The summed E-state index contributed by atoms with van der Waals surface area (Å²) in [6, 6.07) is 6.18. The Balaban J connectivity index is 0.00000288. The van der Waals surface area contributed by atoms with E-state index >= 15 is 0 Å². The Morgan fingerprint density at radius 3 is 2.50 bits per heavy atom. The number of carboxylic acid groups (broad SMARTS) is 1. The molecule has 1 aromatic rings. The fraction of sp³-hybridized carbons (Fsp3) is 0.312. The van der Waals surface area contributed by atoms with E-state index in [1.807, 2.05) is 0 Å².